The minimum Gasteiger partial charge on any atom is -0.309 e. The SMILES string of the molecule is CN1CCCC(CNC2C=CS(=O)(=O)C2)C1. The molecule has 16 heavy (non-hydrogen) atoms. The van der Waals surface area contributed by atoms with Crippen LogP contribution >= 0.6 is 0 Å². The minimum atomic E-state index is -2.91. The molecule has 1 N–H and O–H groups in total. The quantitative estimate of drug-likeness (QED) is 0.772. The monoisotopic (exact) mass is 244 g/mol. The van der Waals surface area contributed by atoms with E-state index >= 15 is 0 Å². The summed E-state index contributed by atoms with van der Waals surface area (Å²) in [5, 5.41) is 4.67. The average molecular weight is 244 g/mol. The van der Waals surface area contributed by atoms with Gasteiger partial charge in [-0.1, -0.05) is 6.08 Å². The van der Waals surface area contributed by atoms with Crippen molar-refractivity contribution in [2.75, 3.05) is 32.4 Å². The molecule has 4 nitrogen and oxygen atoms in total. The molecule has 2 unspecified atom stereocenters. The minimum absolute atomic E-state index is 0.0252. The molecule has 2 atom stereocenters. The molecule has 0 bridgehead atoms. The molecule has 5 heteroatoms. The fourth-order valence-electron chi connectivity index (χ4n) is 2.46. The van der Waals surface area contributed by atoms with E-state index < -0.39 is 9.84 Å². The molecule has 0 amide bonds. The Morgan fingerprint density at radius 3 is 2.94 bits per heavy atom. The van der Waals surface area contributed by atoms with E-state index in [1.807, 2.05) is 0 Å². The third-order valence-corrected chi connectivity index (χ3v) is 4.72. The summed E-state index contributed by atoms with van der Waals surface area (Å²) >= 11 is 0. The summed E-state index contributed by atoms with van der Waals surface area (Å²) in [4.78, 5) is 2.34. The maximum Gasteiger partial charge on any atom is 0.173 e. The number of likely N-dealkylation sites (tertiary alicyclic amines) is 1. The number of hydrogen-bond donors (Lipinski definition) is 1. The number of nitrogens with zero attached hydrogens (tertiary/aromatic N) is 1. The van der Waals surface area contributed by atoms with Crippen molar-refractivity contribution in [3.8, 4) is 0 Å². The van der Waals surface area contributed by atoms with Crippen molar-refractivity contribution in [2.24, 2.45) is 5.92 Å². The highest BCUT2D eigenvalue weighted by atomic mass is 32.2. The van der Waals surface area contributed by atoms with Gasteiger partial charge in [-0.2, -0.15) is 0 Å². The van der Waals surface area contributed by atoms with Crippen LogP contribution < -0.4 is 5.32 Å². The van der Waals surface area contributed by atoms with Crippen LogP contribution in [-0.4, -0.2) is 51.8 Å². The van der Waals surface area contributed by atoms with Crippen LogP contribution in [0.1, 0.15) is 12.8 Å². The first-order chi connectivity index (χ1) is 7.55. The van der Waals surface area contributed by atoms with Gasteiger partial charge in [-0.15, -0.1) is 0 Å². The largest absolute Gasteiger partial charge is 0.309 e. The van der Waals surface area contributed by atoms with E-state index in [4.69, 9.17) is 0 Å². The molecule has 0 radical (unpaired) electrons. The fraction of sp³-hybridized carbons (Fsp3) is 0.818. The lowest BCUT2D eigenvalue weighted by molar-refractivity contribution is 0.205. The first kappa shape index (κ1) is 12.1. The van der Waals surface area contributed by atoms with Crippen molar-refractivity contribution in [1.82, 2.24) is 10.2 Å². The molecule has 2 aliphatic heterocycles. The molecule has 2 rings (SSSR count). The van der Waals surface area contributed by atoms with Crippen molar-refractivity contribution in [2.45, 2.75) is 18.9 Å². The molecular formula is C11H20N2O2S. The molecule has 2 aliphatic rings. The summed E-state index contributed by atoms with van der Waals surface area (Å²) in [6.07, 6.45) is 4.27. The summed E-state index contributed by atoms with van der Waals surface area (Å²) in [6.45, 7) is 3.24. The zero-order chi connectivity index (χ0) is 11.6. The summed E-state index contributed by atoms with van der Waals surface area (Å²) in [6, 6.07) is 0.0252. The molecule has 0 aliphatic carbocycles. The van der Waals surface area contributed by atoms with Crippen LogP contribution in [0.25, 0.3) is 0 Å². The highest BCUT2D eigenvalue weighted by Gasteiger charge is 2.23. The average Bonchev–Trinajstić information content (AvgIpc) is 2.56. The Labute approximate surface area is 97.6 Å². The van der Waals surface area contributed by atoms with Gasteiger partial charge in [0.25, 0.3) is 0 Å². The number of hydrogen-bond acceptors (Lipinski definition) is 4. The molecule has 2 heterocycles. The predicted octanol–water partition coefficient (Wildman–Crippen LogP) is 0.229. The van der Waals surface area contributed by atoms with E-state index in [2.05, 4.69) is 17.3 Å². The van der Waals surface area contributed by atoms with E-state index in [9.17, 15) is 8.42 Å². The molecule has 1 fully saturated rings. The van der Waals surface area contributed by atoms with Gasteiger partial charge in [-0.3, -0.25) is 0 Å². The molecule has 1 saturated heterocycles. The van der Waals surface area contributed by atoms with Crippen LogP contribution in [0.3, 0.4) is 0 Å². The Bertz CT molecular complexity index is 364. The van der Waals surface area contributed by atoms with Gasteiger partial charge < -0.3 is 10.2 Å². The second-order valence-electron chi connectivity index (χ2n) is 4.94. The van der Waals surface area contributed by atoms with Crippen molar-refractivity contribution in [3.05, 3.63) is 11.5 Å². The van der Waals surface area contributed by atoms with Gasteiger partial charge in [-0.25, -0.2) is 8.42 Å². The summed E-state index contributed by atoms with van der Waals surface area (Å²) < 4.78 is 22.4. The number of nitrogens with one attached hydrogen (secondary N) is 1. The molecule has 0 aromatic heterocycles. The maximum absolute atomic E-state index is 11.2. The van der Waals surface area contributed by atoms with E-state index in [1.54, 1.807) is 6.08 Å². The third kappa shape index (κ3) is 3.30. The van der Waals surface area contributed by atoms with Crippen molar-refractivity contribution in [1.29, 1.82) is 0 Å². The lowest BCUT2D eigenvalue weighted by Crippen LogP contribution is -2.40. The smallest absolute Gasteiger partial charge is 0.173 e. The highest BCUT2D eigenvalue weighted by molar-refractivity contribution is 7.94. The van der Waals surface area contributed by atoms with Gasteiger partial charge in [-0.05, 0) is 38.9 Å². The van der Waals surface area contributed by atoms with Crippen LogP contribution in [-0.2, 0) is 9.84 Å². The fourth-order valence-corrected chi connectivity index (χ4v) is 3.73. The van der Waals surface area contributed by atoms with E-state index in [0.29, 0.717) is 5.92 Å². The van der Waals surface area contributed by atoms with Gasteiger partial charge in [0.2, 0.25) is 0 Å². The summed E-state index contributed by atoms with van der Waals surface area (Å²) in [5.74, 6) is 0.894. The molecule has 0 spiro atoms. The number of rotatable bonds is 3. The summed E-state index contributed by atoms with van der Waals surface area (Å²) in [7, 11) is -0.768. The van der Waals surface area contributed by atoms with Crippen molar-refractivity contribution >= 4 is 9.84 Å². The third-order valence-electron chi connectivity index (χ3n) is 3.32. The lowest BCUT2D eigenvalue weighted by Gasteiger charge is -2.30. The van der Waals surface area contributed by atoms with Gasteiger partial charge in [0.1, 0.15) is 0 Å². The lowest BCUT2D eigenvalue weighted by atomic mass is 9.98. The van der Waals surface area contributed by atoms with Crippen molar-refractivity contribution < 1.29 is 8.42 Å². The standard InChI is InChI=1S/C11H20N2O2S/c1-13-5-2-3-10(8-13)7-12-11-4-6-16(14,15)9-11/h4,6,10-12H,2-3,5,7-9H2,1H3. The molecular weight excluding hydrogens is 224 g/mol. The zero-order valence-corrected chi connectivity index (χ0v) is 10.5. The van der Waals surface area contributed by atoms with Crippen LogP contribution in [0.4, 0.5) is 0 Å². The van der Waals surface area contributed by atoms with Crippen LogP contribution in [0.15, 0.2) is 11.5 Å². The molecule has 0 saturated carbocycles. The van der Waals surface area contributed by atoms with Crippen LogP contribution in [0.2, 0.25) is 0 Å². The predicted molar refractivity (Wildman–Crippen MR) is 64.9 cm³/mol. The van der Waals surface area contributed by atoms with Gasteiger partial charge in [0.15, 0.2) is 9.84 Å². The molecule has 0 aromatic rings. The first-order valence-electron chi connectivity index (χ1n) is 5.88. The molecule has 92 valence electrons. The maximum atomic E-state index is 11.2. The number of sulfone groups is 1. The highest BCUT2D eigenvalue weighted by Crippen LogP contribution is 2.15. The Hall–Kier alpha value is -0.390. The first-order valence-corrected chi connectivity index (χ1v) is 7.59. The van der Waals surface area contributed by atoms with Gasteiger partial charge >= 0.3 is 0 Å². The van der Waals surface area contributed by atoms with Crippen LogP contribution in [0.5, 0.6) is 0 Å². The summed E-state index contributed by atoms with van der Waals surface area (Å²) in [5.41, 5.74) is 0. The second-order valence-corrected chi connectivity index (χ2v) is 6.87. The molecule has 0 aromatic carbocycles. The second kappa shape index (κ2) is 4.85. The zero-order valence-electron chi connectivity index (χ0n) is 9.72. The Kier molecular flexibility index (Phi) is 3.66. The Balaban J connectivity index is 1.74. The van der Waals surface area contributed by atoms with E-state index in [-0.39, 0.29) is 11.8 Å². The van der Waals surface area contributed by atoms with Gasteiger partial charge in [0, 0.05) is 18.0 Å². The van der Waals surface area contributed by atoms with E-state index in [1.165, 1.54) is 24.8 Å². The normalized spacial score (nSPS) is 34.3. The number of piperidine rings is 1. The Morgan fingerprint density at radius 1 is 1.50 bits per heavy atom. The topological polar surface area (TPSA) is 49.4 Å². The van der Waals surface area contributed by atoms with Gasteiger partial charge in [0.05, 0.1) is 5.75 Å². The van der Waals surface area contributed by atoms with Crippen LogP contribution in [0, 0.1) is 5.92 Å². The van der Waals surface area contributed by atoms with E-state index in [0.717, 1.165) is 13.1 Å². The van der Waals surface area contributed by atoms with Crippen molar-refractivity contribution in [3.63, 3.8) is 0 Å². The Morgan fingerprint density at radius 2 is 2.31 bits per heavy atom.